The van der Waals surface area contributed by atoms with Crippen molar-refractivity contribution in [3.63, 3.8) is 0 Å². The number of rotatable bonds is 0. The summed E-state index contributed by atoms with van der Waals surface area (Å²) < 4.78 is 0. The lowest BCUT2D eigenvalue weighted by Crippen LogP contribution is -1.87. The zero-order valence-electron chi connectivity index (χ0n) is 8.10. The second kappa shape index (κ2) is 5.50. The van der Waals surface area contributed by atoms with Crippen molar-refractivity contribution in [1.82, 2.24) is 0 Å². The first-order valence-electron chi connectivity index (χ1n) is 5.03. The Labute approximate surface area is 81.4 Å². The zero-order valence-corrected chi connectivity index (χ0v) is 8.10. The summed E-state index contributed by atoms with van der Waals surface area (Å²) in [6.07, 6.45) is 19.2. The highest BCUT2D eigenvalue weighted by molar-refractivity contribution is 5.40. The molecule has 0 bridgehead atoms. The van der Waals surface area contributed by atoms with E-state index >= 15 is 0 Å². The normalized spacial score (nSPS) is 24.8. The van der Waals surface area contributed by atoms with Crippen LogP contribution in [0.4, 0.5) is 0 Å². The van der Waals surface area contributed by atoms with Crippen molar-refractivity contribution >= 4 is 0 Å². The van der Waals surface area contributed by atoms with E-state index in [1.54, 1.807) is 0 Å². The molecule has 1 aliphatic carbocycles. The van der Waals surface area contributed by atoms with Gasteiger partial charge in [0.15, 0.2) is 0 Å². The molecule has 0 aliphatic heterocycles. The quantitative estimate of drug-likeness (QED) is 0.492. The van der Waals surface area contributed by atoms with E-state index in [1.165, 1.54) is 32.1 Å². The third-order valence-corrected chi connectivity index (χ3v) is 2.57. The molecule has 0 nitrogen and oxygen atoms in total. The van der Waals surface area contributed by atoms with Gasteiger partial charge < -0.3 is 0 Å². The van der Waals surface area contributed by atoms with Gasteiger partial charge in [-0.3, -0.25) is 0 Å². The molecule has 0 N–H and O–H groups in total. The van der Waals surface area contributed by atoms with Gasteiger partial charge in [-0.2, -0.15) is 0 Å². The van der Waals surface area contributed by atoms with E-state index in [0.717, 1.165) is 24.0 Å². The Kier molecular flexibility index (Phi) is 4.20. The highest BCUT2D eigenvalue weighted by Gasteiger charge is 2.05. The van der Waals surface area contributed by atoms with Crippen molar-refractivity contribution in [2.75, 3.05) is 0 Å². The minimum Gasteiger partial charge on any atom is -0.115 e. The molecule has 0 aromatic heterocycles. The van der Waals surface area contributed by atoms with Crippen molar-refractivity contribution < 1.29 is 0 Å². The third kappa shape index (κ3) is 3.00. The summed E-state index contributed by atoms with van der Waals surface area (Å²) in [5.74, 6) is 5.48. The van der Waals surface area contributed by atoms with E-state index in [1.807, 2.05) is 0 Å². The van der Waals surface area contributed by atoms with Crippen LogP contribution in [0.3, 0.4) is 0 Å². The van der Waals surface area contributed by atoms with Gasteiger partial charge in [-0.15, -0.1) is 12.8 Å². The number of allylic oxidation sites excluding steroid dienone is 2. The number of hydrogen-bond acceptors (Lipinski definition) is 0. The average molecular weight is 172 g/mol. The van der Waals surface area contributed by atoms with Gasteiger partial charge in [0.1, 0.15) is 0 Å². The summed E-state index contributed by atoms with van der Waals surface area (Å²) in [5.41, 5.74) is 2.15. The van der Waals surface area contributed by atoms with Gasteiger partial charge in [0, 0.05) is 11.1 Å². The van der Waals surface area contributed by atoms with Crippen LogP contribution in [0, 0.1) is 24.7 Å². The fourth-order valence-electron chi connectivity index (χ4n) is 1.75. The molecule has 68 valence electrons. The predicted molar refractivity (Wildman–Crippen MR) is 57.0 cm³/mol. The summed E-state index contributed by atoms with van der Waals surface area (Å²) in [6.45, 7) is 0. The van der Waals surface area contributed by atoms with E-state index in [9.17, 15) is 0 Å². The molecular weight excluding hydrogens is 156 g/mol. The van der Waals surface area contributed by atoms with Crippen molar-refractivity contribution in [3.8, 4) is 24.7 Å². The smallest absolute Gasteiger partial charge is 0.0133 e. The fourth-order valence-corrected chi connectivity index (χ4v) is 1.75. The predicted octanol–water partition coefficient (Wildman–Crippen LogP) is 3.29. The minimum atomic E-state index is 1.01. The Morgan fingerprint density at radius 1 is 0.692 bits per heavy atom. The maximum absolute atomic E-state index is 5.44. The van der Waals surface area contributed by atoms with Crippen LogP contribution in [0.2, 0.25) is 0 Å². The van der Waals surface area contributed by atoms with Crippen molar-refractivity contribution in [2.24, 2.45) is 0 Å². The molecule has 0 amide bonds. The number of terminal acetylenes is 2. The third-order valence-electron chi connectivity index (χ3n) is 2.57. The molecule has 0 radical (unpaired) electrons. The van der Waals surface area contributed by atoms with Gasteiger partial charge in [-0.05, 0) is 25.7 Å². The minimum absolute atomic E-state index is 1.01. The van der Waals surface area contributed by atoms with Crippen LogP contribution < -0.4 is 0 Å². The van der Waals surface area contributed by atoms with Crippen LogP contribution >= 0.6 is 0 Å². The largest absolute Gasteiger partial charge is 0.115 e. The summed E-state index contributed by atoms with van der Waals surface area (Å²) in [5, 5.41) is 0. The maximum Gasteiger partial charge on any atom is 0.0133 e. The second-order valence-corrected chi connectivity index (χ2v) is 3.51. The first kappa shape index (κ1) is 9.94. The van der Waals surface area contributed by atoms with Crippen LogP contribution in [0.25, 0.3) is 0 Å². The molecule has 0 heteroatoms. The van der Waals surface area contributed by atoms with Gasteiger partial charge >= 0.3 is 0 Å². The molecular formula is C13H16. The van der Waals surface area contributed by atoms with Gasteiger partial charge in [-0.1, -0.05) is 31.1 Å². The molecule has 0 saturated heterocycles. The van der Waals surface area contributed by atoms with Crippen LogP contribution in [0.5, 0.6) is 0 Å². The first-order chi connectivity index (χ1) is 6.38. The van der Waals surface area contributed by atoms with E-state index in [2.05, 4.69) is 11.8 Å². The van der Waals surface area contributed by atoms with Gasteiger partial charge in [0.25, 0.3) is 0 Å². The van der Waals surface area contributed by atoms with Gasteiger partial charge in [0.2, 0.25) is 0 Å². The topological polar surface area (TPSA) is 0 Å². The van der Waals surface area contributed by atoms with Crippen molar-refractivity contribution in [1.29, 1.82) is 0 Å². The molecule has 0 heterocycles. The Balaban J connectivity index is 2.76. The lowest BCUT2D eigenvalue weighted by atomic mass is 10.0. The molecule has 1 rings (SSSR count). The summed E-state index contributed by atoms with van der Waals surface area (Å²) in [7, 11) is 0. The summed E-state index contributed by atoms with van der Waals surface area (Å²) in [6, 6.07) is 0. The number of hydrogen-bond donors (Lipinski definition) is 0. The highest BCUT2D eigenvalue weighted by atomic mass is 14.1. The van der Waals surface area contributed by atoms with Crippen LogP contribution in [-0.4, -0.2) is 0 Å². The Morgan fingerprint density at radius 3 is 1.46 bits per heavy atom. The fraction of sp³-hybridized carbons (Fsp3) is 0.538. The zero-order chi connectivity index (χ0) is 9.52. The summed E-state index contributed by atoms with van der Waals surface area (Å²) >= 11 is 0. The van der Waals surface area contributed by atoms with E-state index in [4.69, 9.17) is 12.8 Å². The molecule has 13 heavy (non-hydrogen) atoms. The lowest BCUT2D eigenvalue weighted by Gasteiger charge is -2.02. The molecule has 0 fully saturated rings. The molecule has 0 aromatic rings. The van der Waals surface area contributed by atoms with Crippen LogP contribution in [0.1, 0.15) is 44.9 Å². The van der Waals surface area contributed by atoms with E-state index in [-0.39, 0.29) is 0 Å². The van der Waals surface area contributed by atoms with Crippen LogP contribution in [0.15, 0.2) is 11.1 Å². The lowest BCUT2D eigenvalue weighted by molar-refractivity contribution is 0.629. The molecule has 0 atom stereocenters. The maximum atomic E-state index is 5.44. The average Bonchev–Trinajstić information content (AvgIpc) is 2.28. The standard InChI is InChI=1S/C13H16/c1-3-12-10-8-6-5-7-9-11-13(12)4-2/h1-2H,5-11H2/b13-12-. The molecule has 0 spiro atoms. The Morgan fingerprint density at radius 2 is 1.08 bits per heavy atom. The van der Waals surface area contributed by atoms with Crippen molar-refractivity contribution in [2.45, 2.75) is 44.9 Å². The monoisotopic (exact) mass is 172 g/mol. The van der Waals surface area contributed by atoms with E-state index < -0.39 is 0 Å². The first-order valence-corrected chi connectivity index (χ1v) is 5.03. The van der Waals surface area contributed by atoms with Gasteiger partial charge in [-0.25, -0.2) is 0 Å². The Hall–Kier alpha value is -1.14. The SMILES string of the molecule is C#C/C1=C(\C#C)CCCCCCC1. The molecule has 0 aromatic carbocycles. The Bertz CT molecular complexity index is 239. The van der Waals surface area contributed by atoms with Gasteiger partial charge in [0.05, 0.1) is 0 Å². The van der Waals surface area contributed by atoms with E-state index in [0.29, 0.717) is 0 Å². The van der Waals surface area contributed by atoms with Crippen LogP contribution in [-0.2, 0) is 0 Å². The molecule has 0 saturated carbocycles. The summed E-state index contributed by atoms with van der Waals surface area (Å²) in [4.78, 5) is 0. The molecule has 1 aliphatic rings. The van der Waals surface area contributed by atoms with Crippen molar-refractivity contribution in [3.05, 3.63) is 11.1 Å². The molecule has 0 unspecified atom stereocenters. The highest BCUT2D eigenvalue weighted by Crippen LogP contribution is 2.21. The second-order valence-electron chi connectivity index (χ2n) is 3.51.